The highest BCUT2D eigenvalue weighted by atomic mass is 16.5. The number of nitrogens with zero attached hydrogens (tertiary/aromatic N) is 3. The minimum Gasteiger partial charge on any atom is -0.497 e. The van der Waals surface area contributed by atoms with Crippen LogP contribution in [0.1, 0.15) is 18.7 Å². The molecule has 1 unspecified atom stereocenters. The zero-order chi connectivity index (χ0) is 20.1. The Bertz CT molecular complexity index is 861. The molecule has 1 fully saturated rings. The van der Waals surface area contributed by atoms with Crippen molar-refractivity contribution in [1.29, 1.82) is 0 Å². The fraction of sp³-hybridized carbons (Fsp3) is 0.368. The largest absolute Gasteiger partial charge is 0.497 e. The number of aryl methyl sites for hydroxylation is 1. The van der Waals surface area contributed by atoms with Gasteiger partial charge in [-0.2, -0.15) is 0 Å². The molecule has 1 aromatic heterocycles. The molecule has 148 valence electrons. The summed E-state index contributed by atoms with van der Waals surface area (Å²) in [7, 11) is 1.54. The minimum absolute atomic E-state index is 0.149. The summed E-state index contributed by atoms with van der Waals surface area (Å²) in [5, 5.41) is 5.45. The van der Waals surface area contributed by atoms with E-state index in [4.69, 9.17) is 4.74 Å². The van der Waals surface area contributed by atoms with Crippen LogP contribution in [0.4, 0.5) is 10.5 Å². The molecule has 1 saturated heterocycles. The number of urea groups is 1. The van der Waals surface area contributed by atoms with Gasteiger partial charge in [-0.15, -0.1) is 0 Å². The van der Waals surface area contributed by atoms with E-state index in [1.807, 2.05) is 17.7 Å². The Morgan fingerprint density at radius 3 is 2.68 bits per heavy atom. The maximum absolute atomic E-state index is 12.6. The summed E-state index contributed by atoms with van der Waals surface area (Å²) in [4.78, 5) is 42.0. The van der Waals surface area contributed by atoms with Crippen LogP contribution in [0.25, 0.3) is 0 Å². The molecule has 0 bridgehead atoms. The molecule has 4 amide bonds. The van der Waals surface area contributed by atoms with Crippen LogP contribution in [-0.2, 0) is 16.1 Å². The highest BCUT2D eigenvalue weighted by Gasteiger charge is 2.38. The van der Waals surface area contributed by atoms with Crippen LogP contribution in [0, 0.1) is 6.92 Å². The van der Waals surface area contributed by atoms with Crippen LogP contribution in [0.5, 0.6) is 5.75 Å². The van der Waals surface area contributed by atoms with Gasteiger partial charge in [-0.05, 0) is 37.6 Å². The van der Waals surface area contributed by atoms with E-state index < -0.39 is 12.1 Å². The average Bonchev–Trinajstić information content (AvgIpc) is 3.22. The lowest BCUT2D eigenvalue weighted by molar-refractivity contribution is -0.121. The molecule has 2 aromatic rings. The number of hydrogen-bond donors (Lipinski definition) is 2. The molecule has 9 nitrogen and oxygen atoms in total. The summed E-state index contributed by atoms with van der Waals surface area (Å²) in [6, 6.07) is 5.44. The van der Waals surface area contributed by atoms with Gasteiger partial charge >= 0.3 is 6.03 Å². The van der Waals surface area contributed by atoms with Crippen LogP contribution in [0.15, 0.2) is 36.7 Å². The number of methoxy groups -OCH3 is 1. The molecule has 2 N–H and O–H groups in total. The summed E-state index contributed by atoms with van der Waals surface area (Å²) in [6.07, 6.45) is 3.95. The van der Waals surface area contributed by atoms with Crippen molar-refractivity contribution in [2.45, 2.75) is 32.4 Å². The van der Waals surface area contributed by atoms with Crippen molar-refractivity contribution in [2.24, 2.45) is 0 Å². The number of nitrogens with one attached hydrogen (secondary N) is 2. The lowest BCUT2D eigenvalue weighted by Gasteiger charge is -2.13. The summed E-state index contributed by atoms with van der Waals surface area (Å²) >= 11 is 0. The first-order valence-electron chi connectivity index (χ1n) is 9.02. The van der Waals surface area contributed by atoms with Gasteiger partial charge in [-0.3, -0.25) is 9.59 Å². The number of ether oxygens (including phenoxy) is 1. The van der Waals surface area contributed by atoms with Crippen molar-refractivity contribution >= 4 is 23.5 Å². The third-order valence-corrected chi connectivity index (χ3v) is 4.61. The number of carbonyl (C=O) groups is 3. The Balaban J connectivity index is 1.48. The number of aromatic nitrogens is 2. The molecular weight excluding hydrogens is 362 g/mol. The van der Waals surface area contributed by atoms with Crippen LogP contribution in [0.3, 0.4) is 0 Å². The first-order valence-corrected chi connectivity index (χ1v) is 9.02. The molecule has 2 heterocycles. The summed E-state index contributed by atoms with van der Waals surface area (Å²) in [5.74, 6) is 0.988. The zero-order valence-corrected chi connectivity index (χ0v) is 15.8. The monoisotopic (exact) mass is 385 g/mol. The lowest BCUT2D eigenvalue weighted by atomic mass is 10.1. The summed E-state index contributed by atoms with van der Waals surface area (Å²) < 4.78 is 7.02. The van der Waals surface area contributed by atoms with E-state index in [0.29, 0.717) is 24.5 Å². The number of hydrogen-bond acceptors (Lipinski definition) is 5. The lowest BCUT2D eigenvalue weighted by Crippen LogP contribution is -2.33. The van der Waals surface area contributed by atoms with Gasteiger partial charge in [0.05, 0.1) is 12.8 Å². The molecule has 0 saturated carbocycles. The first-order chi connectivity index (χ1) is 13.5. The number of imidazole rings is 1. The molecule has 1 aromatic carbocycles. The molecule has 9 heteroatoms. The van der Waals surface area contributed by atoms with Gasteiger partial charge in [0.2, 0.25) is 5.91 Å². The predicted octanol–water partition coefficient (Wildman–Crippen LogP) is 1.22. The molecule has 28 heavy (non-hydrogen) atoms. The summed E-state index contributed by atoms with van der Waals surface area (Å²) in [5.41, 5.74) is 0.464. The maximum Gasteiger partial charge on any atom is 0.329 e. The molecule has 0 radical (unpaired) electrons. The van der Waals surface area contributed by atoms with Crippen molar-refractivity contribution in [3.8, 4) is 5.75 Å². The van der Waals surface area contributed by atoms with Crippen LogP contribution in [-0.4, -0.2) is 47.1 Å². The molecule has 1 atom stereocenters. The predicted molar refractivity (Wildman–Crippen MR) is 102 cm³/mol. The maximum atomic E-state index is 12.6. The minimum atomic E-state index is -0.712. The SMILES string of the molecule is COc1ccc(N2C(=O)NC(CCC(=O)NCCn3ccnc3C)C2=O)cc1. The second-order valence-corrected chi connectivity index (χ2v) is 6.43. The number of benzene rings is 1. The number of imide groups is 1. The van der Waals surface area contributed by atoms with Gasteiger partial charge in [-0.25, -0.2) is 14.7 Å². The number of rotatable bonds is 8. The van der Waals surface area contributed by atoms with Crippen LogP contribution in [0.2, 0.25) is 0 Å². The number of carbonyl (C=O) groups excluding carboxylic acids is 3. The van der Waals surface area contributed by atoms with E-state index in [2.05, 4.69) is 15.6 Å². The second-order valence-electron chi connectivity index (χ2n) is 6.43. The van der Waals surface area contributed by atoms with Gasteiger partial charge in [0.15, 0.2) is 0 Å². The van der Waals surface area contributed by atoms with Gasteiger partial charge in [-0.1, -0.05) is 0 Å². The Kier molecular flexibility index (Phi) is 5.93. The fourth-order valence-electron chi connectivity index (χ4n) is 3.02. The van der Waals surface area contributed by atoms with E-state index in [-0.39, 0.29) is 24.7 Å². The second kappa shape index (κ2) is 8.55. The molecule has 0 spiro atoms. The van der Waals surface area contributed by atoms with Crippen molar-refractivity contribution in [3.05, 3.63) is 42.5 Å². The quantitative estimate of drug-likeness (QED) is 0.665. The van der Waals surface area contributed by atoms with Crippen molar-refractivity contribution in [2.75, 3.05) is 18.6 Å². The Hall–Kier alpha value is -3.36. The van der Waals surface area contributed by atoms with E-state index >= 15 is 0 Å². The average molecular weight is 385 g/mol. The van der Waals surface area contributed by atoms with E-state index in [1.165, 1.54) is 0 Å². The number of amides is 4. The number of anilines is 1. The van der Waals surface area contributed by atoms with Crippen LogP contribution < -0.4 is 20.3 Å². The Morgan fingerprint density at radius 2 is 2.04 bits per heavy atom. The molecule has 1 aliphatic heterocycles. The van der Waals surface area contributed by atoms with Gasteiger partial charge in [0, 0.05) is 31.9 Å². The first kappa shape index (κ1) is 19.4. The Morgan fingerprint density at radius 1 is 1.29 bits per heavy atom. The molecule has 1 aliphatic rings. The van der Waals surface area contributed by atoms with Gasteiger partial charge in [0.1, 0.15) is 17.6 Å². The molecular formula is C19H23N5O4. The van der Waals surface area contributed by atoms with E-state index in [0.717, 1.165) is 10.7 Å². The van der Waals surface area contributed by atoms with Crippen molar-refractivity contribution < 1.29 is 19.1 Å². The highest BCUT2D eigenvalue weighted by molar-refractivity contribution is 6.21. The third-order valence-electron chi connectivity index (χ3n) is 4.61. The smallest absolute Gasteiger partial charge is 0.329 e. The highest BCUT2D eigenvalue weighted by Crippen LogP contribution is 2.23. The van der Waals surface area contributed by atoms with Crippen molar-refractivity contribution in [3.63, 3.8) is 0 Å². The third kappa shape index (κ3) is 4.30. The summed E-state index contributed by atoms with van der Waals surface area (Å²) in [6.45, 7) is 2.99. The zero-order valence-electron chi connectivity index (χ0n) is 15.8. The standard InChI is InChI=1S/C19H23N5O4/c1-13-20-9-11-23(13)12-10-21-17(25)8-7-16-18(26)24(19(27)22-16)14-3-5-15(28-2)6-4-14/h3-6,9,11,16H,7-8,10,12H2,1-2H3,(H,21,25)(H,22,27). The van der Waals surface area contributed by atoms with E-state index in [9.17, 15) is 14.4 Å². The van der Waals surface area contributed by atoms with Crippen molar-refractivity contribution in [1.82, 2.24) is 20.2 Å². The topological polar surface area (TPSA) is 106 Å². The normalized spacial score (nSPS) is 16.2. The van der Waals surface area contributed by atoms with E-state index in [1.54, 1.807) is 37.6 Å². The molecule has 3 rings (SSSR count). The van der Waals surface area contributed by atoms with Gasteiger partial charge in [0.25, 0.3) is 5.91 Å². The molecule has 0 aliphatic carbocycles. The van der Waals surface area contributed by atoms with Crippen LogP contribution >= 0.6 is 0 Å². The van der Waals surface area contributed by atoms with Gasteiger partial charge < -0.3 is 19.9 Å². The fourth-order valence-corrected chi connectivity index (χ4v) is 3.02. The Labute approximate surface area is 162 Å².